The fourth-order valence-electron chi connectivity index (χ4n) is 0.730. The predicted molar refractivity (Wildman–Crippen MR) is 37.9 cm³/mol. The van der Waals surface area contributed by atoms with E-state index in [1.54, 1.807) is 0 Å². The molecule has 0 bridgehead atoms. The SMILES string of the molecule is O=C(O)C(=O)c1ccc([O-])cc1. The zero-order valence-corrected chi connectivity index (χ0v) is 5.98. The van der Waals surface area contributed by atoms with E-state index in [1.807, 2.05) is 0 Å². The first kappa shape index (κ1) is 8.26. The number of ketones is 1. The van der Waals surface area contributed by atoms with E-state index in [4.69, 9.17) is 5.11 Å². The van der Waals surface area contributed by atoms with Crippen molar-refractivity contribution in [3.63, 3.8) is 0 Å². The van der Waals surface area contributed by atoms with Crippen molar-refractivity contribution in [3.05, 3.63) is 29.8 Å². The summed E-state index contributed by atoms with van der Waals surface area (Å²) >= 11 is 0. The lowest BCUT2D eigenvalue weighted by Gasteiger charge is -2.03. The first-order chi connectivity index (χ1) is 5.61. The zero-order chi connectivity index (χ0) is 9.14. The second-order valence-electron chi connectivity index (χ2n) is 2.16. The van der Waals surface area contributed by atoms with Gasteiger partial charge in [-0.25, -0.2) is 4.79 Å². The number of carboxylic acid groups (broad SMARTS) is 1. The number of aliphatic carboxylic acids is 1. The molecule has 0 aliphatic rings. The number of carbonyl (C=O) groups is 2. The Kier molecular flexibility index (Phi) is 2.09. The molecule has 0 unspecified atom stereocenters. The van der Waals surface area contributed by atoms with Crippen LogP contribution in [0, 0.1) is 0 Å². The molecule has 0 aliphatic carbocycles. The van der Waals surface area contributed by atoms with Gasteiger partial charge in [0.2, 0.25) is 0 Å². The smallest absolute Gasteiger partial charge is 0.377 e. The fraction of sp³-hybridized carbons (Fsp3) is 0. The van der Waals surface area contributed by atoms with Crippen LogP contribution in [0.15, 0.2) is 24.3 Å². The summed E-state index contributed by atoms with van der Waals surface area (Å²) in [7, 11) is 0. The second kappa shape index (κ2) is 3.04. The molecular weight excluding hydrogens is 160 g/mol. The molecule has 0 spiro atoms. The third kappa shape index (κ3) is 1.60. The van der Waals surface area contributed by atoms with Gasteiger partial charge in [0, 0.05) is 5.56 Å². The Labute approximate surface area is 68.1 Å². The van der Waals surface area contributed by atoms with Crippen LogP contribution in [0.1, 0.15) is 10.4 Å². The van der Waals surface area contributed by atoms with Gasteiger partial charge < -0.3 is 10.2 Å². The lowest BCUT2D eigenvalue weighted by molar-refractivity contribution is -0.268. The molecule has 0 aliphatic heterocycles. The minimum absolute atomic E-state index is 0.0158. The molecule has 0 saturated carbocycles. The summed E-state index contributed by atoms with van der Waals surface area (Å²) in [6.07, 6.45) is 0. The molecule has 1 N–H and O–H groups in total. The molecule has 1 aromatic rings. The minimum atomic E-state index is -1.52. The molecule has 62 valence electrons. The van der Waals surface area contributed by atoms with E-state index >= 15 is 0 Å². The predicted octanol–water partition coefficient (Wildman–Crippen LogP) is 0.0275. The molecular formula is C8H5O4-. The van der Waals surface area contributed by atoms with E-state index in [1.165, 1.54) is 12.1 Å². The first-order valence-corrected chi connectivity index (χ1v) is 3.16. The van der Waals surface area contributed by atoms with E-state index in [2.05, 4.69) is 0 Å². The molecule has 1 aromatic carbocycles. The van der Waals surface area contributed by atoms with Crippen LogP contribution in [0.2, 0.25) is 0 Å². The van der Waals surface area contributed by atoms with Gasteiger partial charge in [-0.05, 0) is 0 Å². The molecule has 0 saturated heterocycles. The maximum Gasteiger partial charge on any atom is 0.377 e. The van der Waals surface area contributed by atoms with Crippen LogP contribution < -0.4 is 5.11 Å². The van der Waals surface area contributed by atoms with Crippen molar-refractivity contribution < 1.29 is 19.8 Å². The van der Waals surface area contributed by atoms with Gasteiger partial charge in [-0.3, -0.25) is 4.79 Å². The highest BCUT2D eigenvalue weighted by atomic mass is 16.4. The fourth-order valence-corrected chi connectivity index (χ4v) is 0.730. The van der Waals surface area contributed by atoms with Gasteiger partial charge >= 0.3 is 5.97 Å². The van der Waals surface area contributed by atoms with Crippen LogP contribution in [0.4, 0.5) is 0 Å². The van der Waals surface area contributed by atoms with Crippen LogP contribution in [-0.4, -0.2) is 16.9 Å². The third-order valence-electron chi connectivity index (χ3n) is 1.31. The Morgan fingerprint density at radius 1 is 1.17 bits per heavy atom. The van der Waals surface area contributed by atoms with Crippen molar-refractivity contribution in [1.29, 1.82) is 0 Å². The third-order valence-corrected chi connectivity index (χ3v) is 1.31. The van der Waals surface area contributed by atoms with Crippen molar-refractivity contribution >= 4 is 11.8 Å². The standard InChI is InChI=1S/C8H6O4/c9-6-3-1-5(2-4-6)7(10)8(11)12/h1-4,9H,(H,11,12)/p-1. The van der Waals surface area contributed by atoms with Crippen LogP contribution in [0.5, 0.6) is 5.75 Å². The molecule has 12 heavy (non-hydrogen) atoms. The molecule has 0 amide bonds. The van der Waals surface area contributed by atoms with Crippen LogP contribution >= 0.6 is 0 Å². The van der Waals surface area contributed by atoms with Crippen molar-refractivity contribution in [1.82, 2.24) is 0 Å². The highest BCUT2D eigenvalue weighted by Gasteiger charge is 2.12. The highest BCUT2D eigenvalue weighted by molar-refractivity contribution is 6.39. The maximum absolute atomic E-state index is 10.8. The monoisotopic (exact) mass is 165 g/mol. The summed E-state index contributed by atoms with van der Waals surface area (Å²) in [4.78, 5) is 20.9. The summed E-state index contributed by atoms with van der Waals surface area (Å²) in [6, 6.07) is 4.68. The molecule has 1 rings (SSSR count). The van der Waals surface area contributed by atoms with E-state index in [-0.39, 0.29) is 11.3 Å². The van der Waals surface area contributed by atoms with Crippen LogP contribution in [0.25, 0.3) is 0 Å². The number of hydrogen-bond donors (Lipinski definition) is 1. The lowest BCUT2D eigenvalue weighted by atomic mass is 10.1. The van der Waals surface area contributed by atoms with Crippen molar-refractivity contribution in [2.45, 2.75) is 0 Å². The molecule has 0 heterocycles. The van der Waals surface area contributed by atoms with Crippen molar-refractivity contribution in [2.24, 2.45) is 0 Å². The quantitative estimate of drug-likeness (QED) is 0.495. The van der Waals surface area contributed by atoms with Gasteiger partial charge in [0.05, 0.1) is 0 Å². The lowest BCUT2D eigenvalue weighted by Crippen LogP contribution is -2.12. The van der Waals surface area contributed by atoms with Gasteiger partial charge in [0.1, 0.15) is 0 Å². The summed E-state index contributed by atoms with van der Waals surface area (Å²) in [5, 5.41) is 18.8. The molecule has 4 heteroatoms. The Bertz CT molecular complexity index is 312. The summed E-state index contributed by atoms with van der Waals surface area (Å²) in [6.45, 7) is 0. The largest absolute Gasteiger partial charge is 0.872 e. The molecule has 0 radical (unpaired) electrons. The average molecular weight is 165 g/mol. The number of rotatable bonds is 2. The van der Waals surface area contributed by atoms with Crippen LogP contribution in [-0.2, 0) is 4.79 Å². The van der Waals surface area contributed by atoms with Gasteiger partial charge in [0.25, 0.3) is 5.78 Å². The number of carbonyl (C=O) groups excluding carboxylic acids is 1. The van der Waals surface area contributed by atoms with E-state index in [0.717, 1.165) is 12.1 Å². The highest BCUT2D eigenvalue weighted by Crippen LogP contribution is 2.07. The summed E-state index contributed by atoms with van der Waals surface area (Å²) in [5.74, 6) is -2.78. The number of Topliss-reactive ketones (excluding diaryl/α,β-unsaturated/α-hetero) is 1. The van der Waals surface area contributed by atoms with Crippen molar-refractivity contribution in [3.8, 4) is 5.75 Å². The number of hydrogen-bond acceptors (Lipinski definition) is 3. The number of benzene rings is 1. The maximum atomic E-state index is 10.8. The minimum Gasteiger partial charge on any atom is -0.872 e. The molecule has 0 atom stereocenters. The van der Waals surface area contributed by atoms with E-state index < -0.39 is 11.8 Å². The van der Waals surface area contributed by atoms with E-state index in [9.17, 15) is 14.7 Å². The molecule has 0 fully saturated rings. The second-order valence-corrected chi connectivity index (χ2v) is 2.16. The van der Waals surface area contributed by atoms with Gasteiger partial charge in [0.15, 0.2) is 0 Å². The van der Waals surface area contributed by atoms with Gasteiger partial charge in [-0.1, -0.05) is 24.3 Å². The summed E-state index contributed by atoms with van der Waals surface area (Å²) in [5.41, 5.74) is 0.0158. The normalized spacial score (nSPS) is 9.33. The van der Waals surface area contributed by atoms with Crippen LogP contribution in [0.3, 0.4) is 0 Å². The Balaban J connectivity index is 2.98. The van der Waals surface area contributed by atoms with Gasteiger partial charge in [-0.2, -0.15) is 0 Å². The molecule has 0 aromatic heterocycles. The van der Waals surface area contributed by atoms with E-state index in [0.29, 0.717) is 0 Å². The Hall–Kier alpha value is -1.84. The van der Waals surface area contributed by atoms with Gasteiger partial charge in [-0.15, -0.1) is 5.75 Å². The first-order valence-electron chi connectivity index (χ1n) is 3.16. The Morgan fingerprint density at radius 3 is 2.08 bits per heavy atom. The zero-order valence-electron chi connectivity index (χ0n) is 5.98. The summed E-state index contributed by atoms with van der Waals surface area (Å²) < 4.78 is 0. The molecule has 4 nitrogen and oxygen atoms in total. The number of carboxylic acids is 1. The van der Waals surface area contributed by atoms with Crippen molar-refractivity contribution in [2.75, 3.05) is 0 Å². The average Bonchev–Trinajstić information content (AvgIpc) is 2.04. The topological polar surface area (TPSA) is 77.4 Å². The Morgan fingerprint density at radius 2 is 1.67 bits per heavy atom.